The quantitative estimate of drug-likeness (QED) is 0.616. The molecule has 31 heavy (non-hydrogen) atoms. The molecule has 1 N–H and O–H groups in total. The van der Waals surface area contributed by atoms with Crippen molar-refractivity contribution in [3.8, 4) is 0 Å². The molecule has 0 spiro atoms. The molecule has 6 nitrogen and oxygen atoms in total. The zero-order valence-corrected chi connectivity index (χ0v) is 18.6. The Morgan fingerprint density at radius 1 is 1.06 bits per heavy atom. The fourth-order valence-electron chi connectivity index (χ4n) is 3.66. The second kappa shape index (κ2) is 9.45. The first kappa shape index (κ1) is 21.3. The first-order chi connectivity index (χ1) is 15.0. The van der Waals surface area contributed by atoms with E-state index in [4.69, 9.17) is 21.6 Å². The average molecular weight is 436 g/mol. The lowest BCUT2D eigenvalue weighted by atomic mass is 10.1. The lowest BCUT2D eigenvalue weighted by Gasteiger charge is -2.21. The first-order valence-corrected chi connectivity index (χ1v) is 10.8. The number of nitrogens with one attached hydrogen (secondary N) is 1. The van der Waals surface area contributed by atoms with Crippen molar-refractivity contribution in [3.05, 3.63) is 64.8 Å². The van der Waals surface area contributed by atoms with E-state index in [-0.39, 0.29) is 5.91 Å². The average Bonchev–Trinajstić information content (AvgIpc) is 2.98. The van der Waals surface area contributed by atoms with Gasteiger partial charge in [0.25, 0.3) is 0 Å². The van der Waals surface area contributed by atoms with E-state index in [0.717, 1.165) is 60.7 Å². The summed E-state index contributed by atoms with van der Waals surface area (Å²) in [5.74, 6) is 0.584. The Hall–Kier alpha value is -2.96. The number of hydrogen-bond donors (Lipinski definition) is 1. The van der Waals surface area contributed by atoms with Crippen molar-refractivity contribution in [3.63, 3.8) is 0 Å². The van der Waals surface area contributed by atoms with Crippen molar-refractivity contribution >= 4 is 46.1 Å². The van der Waals surface area contributed by atoms with Crippen LogP contribution < -0.4 is 10.2 Å². The number of likely N-dealkylation sites (N-methyl/N-ethyl adjacent to an activating group) is 1. The van der Waals surface area contributed by atoms with E-state index in [0.29, 0.717) is 10.7 Å². The minimum Gasteiger partial charge on any atom is -0.339 e. The molecular formula is C24H26ClN5O. The molecule has 1 amide bonds. The molecule has 3 aromatic rings. The number of carbonyl (C=O) groups is 1. The van der Waals surface area contributed by atoms with E-state index in [1.54, 1.807) is 18.2 Å². The molecule has 2 aromatic carbocycles. The molecule has 1 aliphatic heterocycles. The van der Waals surface area contributed by atoms with Crippen LogP contribution in [-0.2, 0) is 4.79 Å². The number of halogens is 1. The number of nitrogens with zero attached hydrogens (tertiary/aromatic N) is 4. The number of rotatable bonds is 4. The van der Waals surface area contributed by atoms with Gasteiger partial charge in [0.2, 0.25) is 11.9 Å². The van der Waals surface area contributed by atoms with Gasteiger partial charge in [0.1, 0.15) is 0 Å². The molecule has 2 heterocycles. The van der Waals surface area contributed by atoms with Gasteiger partial charge in [-0.1, -0.05) is 23.7 Å². The van der Waals surface area contributed by atoms with Crippen LogP contribution >= 0.6 is 11.6 Å². The van der Waals surface area contributed by atoms with Gasteiger partial charge in [0.05, 0.1) is 11.2 Å². The van der Waals surface area contributed by atoms with Crippen molar-refractivity contribution < 1.29 is 4.79 Å². The van der Waals surface area contributed by atoms with E-state index in [9.17, 15) is 4.79 Å². The summed E-state index contributed by atoms with van der Waals surface area (Å²) >= 11 is 5.89. The Morgan fingerprint density at radius 2 is 1.87 bits per heavy atom. The minimum atomic E-state index is -0.196. The van der Waals surface area contributed by atoms with E-state index in [1.165, 1.54) is 6.08 Å². The van der Waals surface area contributed by atoms with Crippen LogP contribution in [0.5, 0.6) is 0 Å². The molecule has 4 rings (SSSR count). The molecule has 1 saturated heterocycles. The summed E-state index contributed by atoms with van der Waals surface area (Å²) in [5.41, 5.74) is 3.42. The number of aromatic nitrogens is 2. The third-order valence-corrected chi connectivity index (χ3v) is 5.69. The van der Waals surface area contributed by atoms with Crippen molar-refractivity contribution in [1.29, 1.82) is 0 Å². The fourth-order valence-corrected chi connectivity index (χ4v) is 3.79. The number of fused-ring (bicyclic) bond motifs is 1. The van der Waals surface area contributed by atoms with E-state index in [2.05, 4.69) is 22.2 Å². The number of carbonyl (C=O) groups excluding carboxylic acids is 1. The predicted molar refractivity (Wildman–Crippen MR) is 128 cm³/mol. The molecular weight excluding hydrogens is 410 g/mol. The highest BCUT2D eigenvalue weighted by molar-refractivity contribution is 6.30. The molecule has 1 aliphatic rings. The molecule has 1 aromatic heterocycles. The highest BCUT2D eigenvalue weighted by Crippen LogP contribution is 2.23. The highest BCUT2D eigenvalue weighted by atomic mass is 35.5. The van der Waals surface area contributed by atoms with Gasteiger partial charge in [0.15, 0.2) is 0 Å². The molecule has 1 fully saturated rings. The summed E-state index contributed by atoms with van der Waals surface area (Å²) in [6, 6.07) is 13.1. The maximum Gasteiger partial charge on any atom is 0.248 e. The Kier molecular flexibility index (Phi) is 6.49. The summed E-state index contributed by atoms with van der Waals surface area (Å²) in [5, 5.41) is 4.52. The lowest BCUT2D eigenvalue weighted by Crippen LogP contribution is -2.30. The molecule has 0 radical (unpaired) electrons. The number of benzene rings is 2. The number of anilines is 2. The second-order valence-corrected chi connectivity index (χ2v) is 8.30. The molecule has 7 heteroatoms. The van der Waals surface area contributed by atoms with Crippen molar-refractivity contribution in [2.45, 2.75) is 13.3 Å². The summed E-state index contributed by atoms with van der Waals surface area (Å²) in [6.07, 6.45) is 4.37. The van der Waals surface area contributed by atoms with E-state index in [1.807, 2.05) is 37.3 Å². The van der Waals surface area contributed by atoms with Crippen LogP contribution in [0.2, 0.25) is 5.02 Å². The van der Waals surface area contributed by atoms with Gasteiger partial charge in [-0.25, -0.2) is 9.97 Å². The predicted octanol–water partition coefficient (Wildman–Crippen LogP) is 4.39. The third kappa shape index (κ3) is 5.40. The zero-order chi connectivity index (χ0) is 21.8. The smallest absolute Gasteiger partial charge is 0.248 e. The molecule has 0 saturated carbocycles. The normalized spacial score (nSPS) is 15.4. The van der Waals surface area contributed by atoms with Gasteiger partial charge >= 0.3 is 0 Å². The topological polar surface area (TPSA) is 61.4 Å². The zero-order valence-electron chi connectivity index (χ0n) is 17.8. The number of aryl methyl sites for hydroxylation is 1. The van der Waals surface area contributed by atoms with Gasteiger partial charge in [-0.3, -0.25) is 4.79 Å². The van der Waals surface area contributed by atoms with Gasteiger partial charge in [-0.15, -0.1) is 0 Å². The monoisotopic (exact) mass is 435 g/mol. The van der Waals surface area contributed by atoms with Crippen LogP contribution in [0.15, 0.2) is 48.5 Å². The SMILES string of the molecule is Cc1nc(N2CCCN(C)CC2)nc2ccc(NC(=O)/C=C\c3ccc(Cl)cc3)cc12. The van der Waals surface area contributed by atoms with Crippen LogP contribution in [-0.4, -0.2) is 54.0 Å². The Labute approximate surface area is 187 Å². The van der Waals surface area contributed by atoms with Crippen molar-refractivity contribution in [2.24, 2.45) is 0 Å². The van der Waals surface area contributed by atoms with Crippen LogP contribution in [0.3, 0.4) is 0 Å². The largest absolute Gasteiger partial charge is 0.339 e. The number of hydrogen-bond acceptors (Lipinski definition) is 5. The van der Waals surface area contributed by atoms with Crippen molar-refractivity contribution in [1.82, 2.24) is 14.9 Å². The summed E-state index contributed by atoms with van der Waals surface area (Å²) in [7, 11) is 2.15. The van der Waals surface area contributed by atoms with Gasteiger partial charge < -0.3 is 15.1 Å². The second-order valence-electron chi connectivity index (χ2n) is 7.86. The number of amides is 1. The van der Waals surface area contributed by atoms with Crippen LogP contribution in [0, 0.1) is 6.92 Å². The molecule has 160 valence electrons. The van der Waals surface area contributed by atoms with Gasteiger partial charge in [-0.2, -0.15) is 0 Å². The third-order valence-electron chi connectivity index (χ3n) is 5.44. The molecule has 0 bridgehead atoms. The Bertz CT molecular complexity index is 1110. The fraction of sp³-hybridized carbons (Fsp3) is 0.292. The Morgan fingerprint density at radius 3 is 2.68 bits per heavy atom. The van der Waals surface area contributed by atoms with E-state index >= 15 is 0 Å². The molecule has 0 aliphatic carbocycles. The maximum atomic E-state index is 12.3. The summed E-state index contributed by atoms with van der Waals surface area (Å²) in [6.45, 7) is 5.98. The van der Waals surface area contributed by atoms with Crippen LogP contribution in [0.1, 0.15) is 17.7 Å². The van der Waals surface area contributed by atoms with Gasteiger partial charge in [-0.05, 0) is 68.9 Å². The van der Waals surface area contributed by atoms with E-state index < -0.39 is 0 Å². The van der Waals surface area contributed by atoms with Crippen molar-refractivity contribution in [2.75, 3.05) is 43.4 Å². The minimum absolute atomic E-state index is 0.196. The lowest BCUT2D eigenvalue weighted by molar-refractivity contribution is -0.111. The van der Waals surface area contributed by atoms with Gasteiger partial charge in [0, 0.05) is 41.8 Å². The van der Waals surface area contributed by atoms with Crippen LogP contribution in [0.25, 0.3) is 17.0 Å². The molecule has 0 atom stereocenters. The molecule has 0 unspecified atom stereocenters. The first-order valence-electron chi connectivity index (χ1n) is 10.4. The standard InChI is InChI=1S/C24H26ClN5O/c1-17-21-16-20(27-23(31)11-6-18-4-7-19(25)8-5-18)9-10-22(21)28-24(26-17)30-13-3-12-29(2)14-15-30/h4-11,16H,3,12-15H2,1-2H3,(H,27,31)/b11-6-. The highest BCUT2D eigenvalue weighted by Gasteiger charge is 2.16. The maximum absolute atomic E-state index is 12.3. The Balaban J connectivity index is 1.49. The summed E-state index contributed by atoms with van der Waals surface area (Å²) in [4.78, 5) is 26.5. The summed E-state index contributed by atoms with van der Waals surface area (Å²) < 4.78 is 0. The van der Waals surface area contributed by atoms with Crippen LogP contribution in [0.4, 0.5) is 11.6 Å².